The van der Waals surface area contributed by atoms with Crippen LogP contribution in [-0.2, 0) is 13.5 Å². The van der Waals surface area contributed by atoms with Crippen molar-refractivity contribution in [3.05, 3.63) is 36.2 Å². The predicted octanol–water partition coefficient (Wildman–Crippen LogP) is 0.494. The van der Waals surface area contributed by atoms with Crippen molar-refractivity contribution in [2.75, 3.05) is 11.9 Å². The van der Waals surface area contributed by atoms with Gasteiger partial charge < -0.3 is 9.88 Å². The molecule has 0 aliphatic rings. The molecule has 0 unspecified atom stereocenters. The minimum atomic E-state index is 0.0926. The number of imidazole rings is 1. The summed E-state index contributed by atoms with van der Waals surface area (Å²) < 4.78 is 3.38. The van der Waals surface area contributed by atoms with Gasteiger partial charge in [0.05, 0.1) is 0 Å². The van der Waals surface area contributed by atoms with E-state index in [1.165, 1.54) is 17.3 Å². The first kappa shape index (κ1) is 13.4. The Bertz CT molecular complexity index is 721. The number of nitrogens with one attached hydrogen (secondary N) is 1. The molecule has 0 fully saturated rings. The molecule has 0 amide bonds. The van der Waals surface area contributed by atoms with Crippen LogP contribution < -0.4 is 5.32 Å². The number of hydrogen-bond acceptors (Lipinski definition) is 7. The highest BCUT2D eigenvalue weighted by Gasteiger charge is 2.07. The molecule has 0 aliphatic carbocycles. The van der Waals surface area contributed by atoms with Crippen molar-refractivity contribution < 1.29 is 0 Å². The maximum absolute atomic E-state index is 5.89. The van der Waals surface area contributed by atoms with Crippen LogP contribution in [0.2, 0.25) is 5.28 Å². The molecule has 3 aromatic rings. The zero-order chi connectivity index (χ0) is 14.7. The lowest BCUT2D eigenvalue weighted by atomic mass is 10.4. The zero-order valence-electron chi connectivity index (χ0n) is 11.2. The lowest BCUT2D eigenvalue weighted by Gasteiger charge is -2.06. The van der Waals surface area contributed by atoms with Gasteiger partial charge in [-0.05, 0) is 11.6 Å². The quantitative estimate of drug-likeness (QED) is 0.732. The molecule has 0 atom stereocenters. The molecule has 0 spiro atoms. The number of anilines is 1. The fourth-order valence-electron chi connectivity index (χ4n) is 1.76. The fourth-order valence-corrected chi connectivity index (χ4v) is 1.91. The van der Waals surface area contributed by atoms with Crippen LogP contribution in [0.5, 0.6) is 0 Å². The predicted molar refractivity (Wildman–Crippen MR) is 75.2 cm³/mol. The molecule has 3 rings (SSSR count). The molecule has 0 saturated carbocycles. The van der Waals surface area contributed by atoms with Crippen molar-refractivity contribution in [3.8, 4) is 5.95 Å². The first-order chi connectivity index (χ1) is 10.2. The second-order valence-electron chi connectivity index (χ2n) is 4.20. The molecular formula is C11H12ClN9. The molecule has 3 heterocycles. The lowest BCUT2D eigenvalue weighted by Crippen LogP contribution is -2.13. The smallest absolute Gasteiger partial charge is 0.258 e. The molecular weight excluding hydrogens is 294 g/mol. The Morgan fingerprint density at radius 3 is 2.90 bits per heavy atom. The van der Waals surface area contributed by atoms with Crippen LogP contribution in [0.3, 0.4) is 0 Å². The molecule has 21 heavy (non-hydrogen) atoms. The van der Waals surface area contributed by atoms with E-state index in [2.05, 4.69) is 35.3 Å². The Morgan fingerprint density at radius 2 is 2.19 bits per heavy atom. The number of aromatic nitrogens is 8. The van der Waals surface area contributed by atoms with Gasteiger partial charge in [0.25, 0.3) is 5.95 Å². The Balaban J connectivity index is 1.69. The third kappa shape index (κ3) is 3.14. The van der Waals surface area contributed by atoms with E-state index in [0.29, 0.717) is 18.4 Å². The van der Waals surface area contributed by atoms with Crippen molar-refractivity contribution in [3.63, 3.8) is 0 Å². The summed E-state index contributed by atoms with van der Waals surface area (Å²) >= 11 is 5.89. The summed E-state index contributed by atoms with van der Waals surface area (Å²) in [6.45, 7) is 0.627. The number of nitrogens with zero attached hydrogens (tertiary/aromatic N) is 8. The second kappa shape index (κ2) is 5.83. The Morgan fingerprint density at radius 1 is 1.29 bits per heavy atom. The summed E-state index contributed by atoms with van der Waals surface area (Å²) in [5.41, 5.74) is 0. The highest BCUT2D eigenvalue weighted by atomic mass is 35.5. The summed E-state index contributed by atoms with van der Waals surface area (Å²) in [6.07, 6.45) is 7.29. The second-order valence-corrected chi connectivity index (χ2v) is 4.54. The Labute approximate surface area is 125 Å². The monoisotopic (exact) mass is 305 g/mol. The molecule has 108 valence electrons. The average Bonchev–Trinajstić information content (AvgIpc) is 3.10. The van der Waals surface area contributed by atoms with E-state index in [1.807, 2.05) is 17.8 Å². The molecule has 10 heteroatoms. The van der Waals surface area contributed by atoms with Crippen molar-refractivity contribution in [1.82, 2.24) is 39.3 Å². The summed E-state index contributed by atoms with van der Waals surface area (Å²) in [5, 5.41) is 7.14. The van der Waals surface area contributed by atoms with E-state index >= 15 is 0 Å². The first-order valence-electron chi connectivity index (χ1n) is 6.19. The summed E-state index contributed by atoms with van der Waals surface area (Å²) in [4.78, 5) is 20.3. The average molecular weight is 306 g/mol. The Hall–Kier alpha value is -2.55. The van der Waals surface area contributed by atoms with E-state index in [9.17, 15) is 0 Å². The topological polar surface area (TPSA) is 99.2 Å². The minimum absolute atomic E-state index is 0.0926. The first-order valence-corrected chi connectivity index (χ1v) is 6.57. The number of rotatable bonds is 5. The van der Waals surface area contributed by atoms with Crippen LogP contribution in [0.4, 0.5) is 5.95 Å². The lowest BCUT2D eigenvalue weighted by molar-refractivity contribution is 0.775. The highest BCUT2D eigenvalue weighted by Crippen LogP contribution is 2.08. The van der Waals surface area contributed by atoms with Gasteiger partial charge >= 0.3 is 0 Å². The van der Waals surface area contributed by atoms with E-state index < -0.39 is 0 Å². The van der Waals surface area contributed by atoms with Crippen LogP contribution in [0.15, 0.2) is 25.0 Å². The molecule has 3 aromatic heterocycles. The van der Waals surface area contributed by atoms with Gasteiger partial charge in [0.1, 0.15) is 18.5 Å². The van der Waals surface area contributed by atoms with Gasteiger partial charge in [0, 0.05) is 32.4 Å². The van der Waals surface area contributed by atoms with Crippen molar-refractivity contribution >= 4 is 17.5 Å². The van der Waals surface area contributed by atoms with E-state index in [4.69, 9.17) is 11.6 Å². The maximum Gasteiger partial charge on any atom is 0.258 e. The molecule has 0 aromatic carbocycles. The summed E-state index contributed by atoms with van der Waals surface area (Å²) in [5.74, 6) is 1.67. The minimum Gasteiger partial charge on any atom is -0.354 e. The largest absolute Gasteiger partial charge is 0.354 e. The highest BCUT2D eigenvalue weighted by molar-refractivity contribution is 6.28. The van der Waals surface area contributed by atoms with Gasteiger partial charge in [0.15, 0.2) is 0 Å². The van der Waals surface area contributed by atoms with Gasteiger partial charge in [-0.2, -0.15) is 24.7 Å². The standard InChI is InChI=1S/C11H12ClN9/c1-20-5-4-14-8(20)2-3-15-10-17-9(12)18-11(19-10)21-7-13-6-16-21/h4-7H,2-3H2,1H3,(H,15,17,18,19). The van der Waals surface area contributed by atoms with E-state index in [0.717, 1.165) is 12.2 Å². The van der Waals surface area contributed by atoms with Crippen molar-refractivity contribution in [2.45, 2.75) is 6.42 Å². The summed E-state index contributed by atoms with van der Waals surface area (Å²) in [7, 11) is 1.95. The molecule has 9 nitrogen and oxygen atoms in total. The SMILES string of the molecule is Cn1ccnc1CCNc1nc(Cl)nc(-n2cncn2)n1. The number of aryl methyl sites for hydroxylation is 1. The van der Waals surface area contributed by atoms with Crippen LogP contribution >= 0.6 is 11.6 Å². The van der Waals surface area contributed by atoms with Gasteiger partial charge in [0.2, 0.25) is 11.2 Å². The third-order valence-electron chi connectivity index (χ3n) is 2.77. The Kier molecular flexibility index (Phi) is 3.73. The van der Waals surface area contributed by atoms with Gasteiger partial charge in [-0.3, -0.25) is 0 Å². The number of halogens is 1. The molecule has 0 radical (unpaired) electrons. The molecule has 1 N–H and O–H groups in total. The third-order valence-corrected chi connectivity index (χ3v) is 2.94. The zero-order valence-corrected chi connectivity index (χ0v) is 11.9. The number of hydrogen-bond donors (Lipinski definition) is 1. The molecule has 0 bridgehead atoms. The van der Waals surface area contributed by atoms with Crippen LogP contribution in [0.25, 0.3) is 5.95 Å². The van der Waals surface area contributed by atoms with Gasteiger partial charge in [-0.25, -0.2) is 9.97 Å². The van der Waals surface area contributed by atoms with E-state index in [1.54, 1.807) is 6.20 Å². The van der Waals surface area contributed by atoms with E-state index in [-0.39, 0.29) is 5.28 Å². The fraction of sp³-hybridized carbons (Fsp3) is 0.273. The van der Waals surface area contributed by atoms with Crippen LogP contribution in [0.1, 0.15) is 5.82 Å². The van der Waals surface area contributed by atoms with Crippen LogP contribution in [0, 0.1) is 0 Å². The molecule has 0 saturated heterocycles. The summed E-state index contributed by atoms with van der Waals surface area (Å²) in [6, 6.07) is 0. The van der Waals surface area contributed by atoms with Crippen LogP contribution in [-0.4, -0.2) is 45.8 Å². The van der Waals surface area contributed by atoms with Gasteiger partial charge in [-0.1, -0.05) is 0 Å². The maximum atomic E-state index is 5.89. The normalized spacial score (nSPS) is 10.8. The van der Waals surface area contributed by atoms with Crippen molar-refractivity contribution in [1.29, 1.82) is 0 Å². The molecule has 0 aliphatic heterocycles. The van der Waals surface area contributed by atoms with Crippen molar-refractivity contribution in [2.24, 2.45) is 7.05 Å². The van der Waals surface area contributed by atoms with Gasteiger partial charge in [-0.15, -0.1) is 0 Å².